The van der Waals surface area contributed by atoms with Gasteiger partial charge >= 0.3 is 0 Å². The second-order valence-electron chi connectivity index (χ2n) is 3.35. The lowest BCUT2D eigenvalue weighted by molar-refractivity contribution is 0.161. The molecule has 0 heterocycles. The molecule has 0 aliphatic heterocycles. The molecule has 3 nitrogen and oxygen atoms in total. The van der Waals surface area contributed by atoms with Crippen molar-refractivity contribution in [1.29, 1.82) is 0 Å². The highest BCUT2D eigenvalue weighted by molar-refractivity contribution is 5.53. The van der Waals surface area contributed by atoms with E-state index in [4.69, 9.17) is 5.21 Å². The summed E-state index contributed by atoms with van der Waals surface area (Å²) in [6.45, 7) is 2.56. The van der Waals surface area contributed by atoms with Gasteiger partial charge in [0.2, 0.25) is 0 Å². The summed E-state index contributed by atoms with van der Waals surface area (Å²) < 4.78 is 0. The molecular weight excluding hydrogens is 164 g/mol. The van der Waals surface area contributed by atoms with Gasteiger partial charge in [0.25, 0.3) is 0 Å². The first-order valence-corrected chi connectivity index (χ1v) is 4.29. The van der Waals surface area contributed by atoms with Crippen LogP contribution in [0.5, 0.6) is 0 Å². The number of benzene rings is 1. The van der Waals surface area contributed by atoms with Crippen LogP contribution < -0.4 is 10.4 Å². The van der Waals surface area contributed by atoms with Gasteiger partial charge in [0.1, 0.15) is 0 Å². The zero-order valence-electron chi connectivity index (χ0n) is 8.33. The zero-order chi connectivity index (χ0) is 9.84. The van der Waals surface area contributed by atoms with Crippen LogP contribution in [0.3, 0.4) is 0 Å². The standard InChI is InChI=1S/C10H16N2O/c1-8-4-5-9(7-11-13)6-10(8)12(2)3/h4-6,11,13H,7H2,1-3H3. The number of nitrogens with zero attached hydrogens (tertiary/aromatic N) is 1. The number of hydrogen-bond acceptors (Lipinski definition) is 3. The quantitative estimate of drug-likeness (QED) is 0.693. The maximum atomic E-state index is 8.55. The Bertz CT molecular complexity index is 284. The maximum absolute atomic E-state index is 8.55. The van der Waals surface area contributed by atoms with Crippen molar-refractivity contribution in [3.05, 3.63) is 29.3 Å². The van der Waals surface area contributed by atoms with E-state index in [1.165, 1.54) is 11.3 Å². The lowest BCUT2D eigenvalue weighted by Crippen LogP contribution is -2.12. The predicted octanol–water partition coefficient (Wildman–Crippen LogP) is 1.54. The molecule has 0 bridgehead atoms. The largest absolute Gasteiger partial charge is 0.377 e. The zero-order valence-corrected chi connectivity index (χ0v) is 8.33. The number of hydroxylamine groups is 1. The first kappa shape index (κ1) is 10.0. The molecular formula is C10H16N2O. The average Bonchev–Trinajstić information content (AvgIpc) is 2.08. The minimum atomic E-state index is 0.487. The molecule has 1 aromatic rings. The summed E-state index contributed by atoms with van der Waals surface area (Å²) >= 11 is 0. The van der Waals surface area contributed by atoms with E-state index in [1.807, 2.05) is 20.2 Å². The molecule has 1 aromatic carbocycles. The van der Waals surface area contributed by atoms with E-state index < -0.39 is 0 Å². The molecule has 2 N–H and O–H groups in total. The predicted molar refractivity (Wildman–Crippen MR) is 54.1 cm³/mol. The monoisotopic (exact) mass is 180 g/mol. The first-order chi connectivity index (χ1) is 6.15. The van der Waals surface area contributed by atoms with E-state index in [0.29, 0.717) is 6.54 Å². The van der Waals surface area contributed by atoms with Crippen LogP contribution >= 0.6 is 0 Å². The molecule has 3 heteroatoms. The minimum Gasteiger partial charge on any atom is -0.377 e. The van der Waals surface area contributed by atoms with E-state index in [0.717, 1.165) is 5.56 Å². The maximum Gasteiger partial charge on any atom is 0.0458 e. The van der Waals surface area contributed by atoms with Crippen molar-refractivity contribution in [2.75, 3.05) is 19.0 Å². The Morgan fingerprint density at radius 1 is 1.38 bits per heavy atom. The second-order valence-corrected chi connectivity index (χ2v) is 3.35. The van der Waals surface area contributed by atoms with Crippen LogP contribution in [0.15, 0.2) is 18.2 Å². The number of aryl methyl sites for hydroxylation is 1. The molecule has 0 amide bonds. The van der Waals surface area contributed by atoms with Crippen molar-refractivity contribution in [2.24, 2.45) is 0 Å². The van der Waals surface area contributed by atoms with Gasteiger partial charge in [0.15, 0.2) is 0 Å². The molecule has 0 fully saturated rings. The molecule has 0 saturated heterocycles. The topological polar surface area (TPSA) is 35.5 Å². The van der Waals surface area contributed by atoms with Gasteiger partial charge in [-0.05, 0) is 24.1 Å². The molecule has 0 saturated carbocycles. The van der Waals surface area contributed by atoms with Gasteiger partial charge < -0.3 is 10.1 Å². The van der Waals surface area contributed by atoms with Crippen molar-refractivity contribution in [2.45, 2.75) is 13.5 Å². The van der Waals surface area contributed by atoms with Crippen molar-refractivity contribution in [1.82, 2.24) is 5.48 Å². The van der Waals surface area contributed by atoms with Crippen LogP contribution in [0.1, 0.15) is 11.1 Å². The normalized spacial score (nSPS) is 10.2. The number of anilines is 1. The van der Waals surface area contributed by atoms with E-state index in [2.05, 4.69) is 29.4 Å². The first-order valence-electron chi connectivity index (χ1n) is 4.29. The lowest BCUT2D eigenvalue weighted by atomic mass is 10.1. The fraction of sp³-hybridized carbons (Fsp3) is 0.400. The molecule has 0 aliphatic carbocycles. The summed E-state index contributed by atoms with van der Waals surface area (Å²) in [5, 5.41) is 8.55. The van der Waals surface area contributed by atoms with Gasteiger partial charge in [-0.25, -0.2) is 5.48 Å². The molecule has 0 radical (unpaired) electrons. The van der Waals surface area contributed by atoms with Crippen molar-refractivity contribution in [3.63, 3.8) is 0 Å². The molecule has 0 atom stereocenters. The molecule has 0 aromatic heterocycles. The third kappa shape index (κ3) is 2.44. The van der Waals surface area contributed by atoms with E-state index in [1.54, 1.807) is 0 Å². The molecule has 0 unspecified atom stereocenters. The third-order valence-corrected chi connectivity index (χ3v) is 2.04. The Kier molecular flexibility index (Phi) is 3.28. The fourth-order valence-corrected chi connectivity index (χ4v) is 1.34. The van der Waals surface area contributed by atoms with Crippen LogP contribution in [0.25, 0.3) is 0 Å². The van der Waals surface area contributed by atoms with Gasteiger partial charge in [0.05, 0.1) is 0 Å². The Morgan fingerprint density at radius 3 is 2.62 bits per heavy atom. The van der Waals surface area contributed by atoms with Crippen LogP contribution in [-0.2, 0) is 6.54 Å². The fourth-order valence-electron chi connectivity index (χ4n) is 1.34. The van der Waals surface area contributed by atoms with Gasteiger partial charge in [-0.2, -0.15) is 0 Å². The highest BCUT2D eigenvalue weighted by Gasteiger charge is 2.01. The average molecular weight is 180 g/mol. The van der Waals surface area contributed by atoms with E-state index in [9.17, 15) is 0 Å². The summed E-state index contributed by atoms with van der Waals surface area (Å²) in [6, 6.07) is 6.13. The summed E-state index contributed by atoms with van der Waals surface area (Å²) in [5.41, 5.74) is 5.66. The van der Waals surface area contributed by atoms with Crippen molar-refractivity contribution >= 4 is 5.69 Å². The third-order valence-electron chi connectivity index (χ3n) is 2.04. The van der Waals surface area contributed by atoms with Gasteiger partial charge in [-0.1, -0.05) is 12.1 Å². The van der Waals surface area contributed by atoms with Crippen LogP contribution in [0.2, 0.25) is 0 Å². The molecule has 0 aliphatic rings. The van der Waals surface area contributed by atoms with Gasteiger partial charge in [0, 0.05) is 26.3 Å². The summed E-state index contributed by atoms with van der Waals surface area (Å²) in [4.78, 5) is 2.07. The molecule has 13 heavy (non-hydrogen) atoms. The summed E-state index contributed by atoms with van der Waals surface area (Å²) in [5.74, 6) is 0. The smallest absolute Gasteiger partial charge is 0.0458 e. The van der Waals surface area contributed by atoms with Gasteiger partial charge in [-0.15, -0.1) is 0 Å². The Balaban J connectivity index is 2.97. The second kappa shape index (κ2) is 4.25. The number of rotatable bonds is 3. The van der Waals surface area contributed by atoms with E-state index in [-0.39, 0.29) is 0 Å². The Labute approximate surface area is 78.9 Å². The van der Waals surface area contributed by atoms with Crippen LogP contribution in [0, 0.1) is 6.92 Å². The Morgan fingerprint density at radius 2 is 2.08 bits per heavy atom. The highest BCUT2D eigenvalue weighted by Crippen LogP contribution is 2.19. The highest BCUT2D eigenvalue weighted by atomic mass is 16.5. The SMILES string of the molecule is Cc1ccc(CNO)cc1N(C)C. The van der Waals surface area contributed by atoms with Crippen LogP contribution in [-0.4, -0.2) is 19.3 Å². The summed E-state index contributed by atoms with van der Waals surface area (Å²) in [7, 11) is 4.02. The molecule has 0 spiro atoms. The number of hydrogen-bond donors (Lipinski definition) is 2. The summed E-state index contributed by atoms with van der Waals surface area (Å²) in [6.07, 6.45) is 0. The van der Waals surface area contributed by atoms with Crippen LogP contribution in [0.4, 0.5) is 5.69 Å². The van der Waals surface area contributed by atoms with Gasteiger partial charge in [-0.3, -0.25) is 0 Å². The lowest BCUT2D eigenvalue weighted by Gasteiger charge is -2.16. The van der Waals surface area contributed by atoms with Crippen molar-refractivity contribution < 1.29 is 5.21 Å². The number of nitrogens with one attached hydrogen (secondary N) is 1. The minimum absolute atomic E-state index is 0.487. The van der Waals surface area contributed by atoms with Crippen molar-refractivity contribution in [3.8, 4) is 0 Å². The van der Waals surface area contributed by atoms with E-state index >= 15 is 0 Å². The molecule has 1 rings (SSSR count). The molecule has 72 valence electrons. The Hall–Kier alpha value is -1.06.